The lowest BCUT2D eigenvalue weighted by Gasteiger charge is -2.33. The fourth-order valence-corrected chi connectivity index (χ4v) is 3.38. The molecule has 0 saturated heterocycles. The first-order chi connectivity index (χ1) is 9.21. The molecule has 0 fully saturated rings. The minimum Gasteiger partial charge on any atom is -0.335 e. The van der Waals surface area contributed by atoms with Crippen LogP contribution in [0.15, 0.2) is 29.3 Å². The first-order valence-corrected chi connectivity index (χ1v) is 7.64. The van der Waals surface area contributed by atoms with E-state index >= 15 is 0 Å². The number of aliphatic imine (C=N–C) groups is 1. The molecule has 0 aromatic heterocycles. The van der Waals surface area contributed by atoms with Crippen molar-refractivity contribution in [3.05, 3.63) is 29.8 Å². The third kappa shape index (κ3) is 3.30. The molecule has 1 aliphatic rings. The molecule has 100 valence electrons. The summed E-state index contributed by atoms with van der Waals surface area (Å²) in [6.45, 7) is 5.38. The van der Waals surface area contributed by atoms with E-state index in [1.165, 1.54) is 12.8 Å². The molecule has 0 amide bonds. The van der Waals surface area contributed by atoms with Crippen molar-refractivity contribution >= 4 is 22.6 Å². The summed E-state index contributed by atoms with van der Waals surface area (Å²) in [5.74, 6) is 1.11. The van der Waals surface area contributed by atoms with Crippen LogP contribution in [-0.2, 0) is 0 Å². The number of thioether (sulfide) groups is 1. The van der Waals surface area contributed by atoms with Gasteiger partial charge in [-0.05, 0) is 36.5 Å². The zero-order chi connectivity index (χ0) is 13.7. The predicted molar refractivity (Wildman–Crippen MR) is 82.6 cm³/mol. The van der Waals surface area contributed by atoms with Gasteiger partial charge in [-0.1, -0.05) is 31.7 Å². The Morgan fingerprint density at radius 1 is 1.42 bits per heavy atom. The van der Waals surface area contributed by atoms with Crippen molar-refractivity contribution in [1.82, 2.24) is 0 Å². The van der Waals surface area contributed by atoms with Crippen LogP contribution in [0, 0.1) is 16.7 Å². The zero-order valence-electron chi connectivity index (χ0n) is 11.4. The summed E-state index contributed by atoms with van der Waals surface area (Å²) in [6, 6.07) is 9.66. The van der Waals surface area contributed by atoms with Crippen molar-refractivity contribution in [1.29, 1.82) is 5.26 Å². The van der Waals surface area contributed by atoms with E-state index in [4.69, 9.17) is 5.26 Å². The molecular weight excluding hydrogens is 254 g/mol. The summed E-state index contributed by atoms with van der Waals surface area (Å²) in [6.07, 6.45) is 2.36. The summed E-state index contributed by atoms with van der Waals surface area (Å²) in [5.41, 5.74) is 1.97. The molecule has 0 saturated carbocycles. The summed E-state index contributed by atoms with van der Waals surface area (Å²) in [7, 11) is 0. The second kappa shape index (κ2) is 6.12. The maximum atomic E-state index is 8.89. The Morgan fingerprint density at radius 2 is 2.21 bits per heavy atom. The molecule has 0 atom stereocenters. The van der Waals surface area contributed by atoms with Gasteiger partial charge in [-0.2, -0.15) is 5.26 Å². The van der Waals surface area contributed by atoms with Crippen molar-refractivity contribution in [2.24, 2.45) is 10.4 Å². The fourth-order valence-electron chi connectivity index (χ4n) is 2.10. The number of amidine groups is 1. The van der Waals surface area contributed by atoms with E-state index in [1.54, 1.807) is 17.8 Å². The average Bonchev–Trinajstić information content (AvgIpc) is 2.48. The fraction of sp³-hybridized carbons (Fsp3) is 0.467. The first kappa shape index (κ1) is 14.0. The number of rotatable bonds is 3. The highest BCUT2D eigenvalue weighted by atomic mass is 32.2. The lowest BCUT2D eigenvalue weighted by molar-refractivity contribution is 0.318. The van der Waals surface area contributed by atoms with Gasteiger partial charge >= 0.3 is 0 Å². The van der Waals surface area contributed by atoms with Crippen LogP contribution in [0.2, 0.25) is 0 Å². The number of nitrogens with one attached hydrogen (secondary N) is 1. The smallest absolute Gasteiger partial charge is 0.161 e. The Balaban J connectivity index is 2.05. The van der Waals surface area contributed by atoms with Gasteiger partial charge in [0.25, 0.3) is 0 Å². The van der Waals surface area contributed by atoms with Crippen LogP contribution in [0.3, 0.4) is 0 Å². The van der Waals surface area contributed by atoms with Crippen molar-refractivity contribution in [3.8, 4) is 6.07 Å². The van der Waals surface area contributed by atoms with Crippen LogP contribution >= 0.6 is 11.8 Å². The third-order valence-corrected chi connectivity index (χ3v) is 5.08. The summed E-state index contributed by atoms with van der Waals surface area (Å²) in [4.78, 5) is 4.66. The topological polar surface area (TPSA) is 48.2 Å². The minimum atomic E-state index is 0.365. The highest BCUT2D eigenvalue weighted by molar-refractivity contribution is 8.14. The van der Waals surface area contributed by atoms with Crippen LogP contribution < -0.4 is 5.32 Å². The Kier molecular flexibility index (Phi) is 4.49. The van der Waals surface area contributed by atoms with E-state index in [0.29, 0.717) is 11.0 Å². The van der Waals surface area contributed by atoms with Crippen LogP contribution in [-0.4, -0.2) is 17.5 Å². The molecule has 1 aliphatic heterocycles. The molecule has 0 radical (unpaired) electrons. The van der Waals surface area contributed by atoms with E-state index in [-0.39, 0.29) is 0 Å². The SMILES string of the molecule is CCC1(CC)CN=C(Nc2cccc(C#N)c2)SC1. The van der Waals surface area contributed by atoms with E-state index in [0.717, 1.165) is 23.2 Å². The predicted octanol–water partition coefficient (Wildman–Crippen LogP) is 3.88. The average molecular weight is 273 g/mol. The van der Waals surface area contributed by atoms with E-state index < -0.39 is 0 Å². The number of anilines is 1. The maximum absolute atomic E-state index is 8.89. The number of hydrogen-bond donors (Lipinski definition) is 1. The van der Waals surface area contributed by atoms with E-state index in [1.807, 2.05) is 18.2 Å². The Morgan fingerprint density at radius 3 is 2.79 bits per heavy atom. The normalized spacial score (nSPS) is 17.4. The summed E-state index contributed by atoms with van der Waals surface area (Å²) in [5, 5.41) is 13.2. The number of hydrogen-bond acceptors (Lipinski definition) is 4. The quantitative estimate of drug-likeness (QED) is 0.909. The van der Waals surface area contributed by atoms with E-state index in [2.05, 4.69) is 30.2 Å². The van der Waals surface area contributed by atoms with Crippen LogP contribution in [0.25, 0.3) is 0 Å². The molecule has 1 heterocycles. The number of benzene rings is 1. The Hall–Kier alpha value is -1.47. The van der Waals surface area contributed by atoms with Crippen LogP contribution in [0.1, 0.15) is 32.3 Å². The second-order valence-electron chi connectivity index (χ2n) is 4.93. The third-order valence-electron chi connectivity index (χ3n) is 3.82. The molecule has 0 spiro atoms. The molecule has 0 unspecified atom stereocenters. The van der Waals surface area contributed by atoms with Crippen LogP contribution in [0.4, 0.5) is 5.69 Å². The lowest BCUT2D eigenvalue weighted by atomic mass is 9.84. The van der Waals surface area contributed by atoms with Crippen molar-refractivity contribution in [2.75, 3.05) is 17.6 Å². The van der Waals surface area contributed by atoms with Gasteiger partial charge < -0.3 is 5.32 Å². The van der Waals surface area contributed by atoms with Gasteiger partial charge in [-0.3, -0.25) is 4.99 Å². The zero-order valence-corrected chi connectivity index (χ0v) is 12.3. The monoisotopic (exact) mass is 273 g/mol. The molecule has 0 bridgehead atoms. The maximum Gasteiger partial charge on any atom is 0.161 e. The molecule has 4 heteroatoms. The van der Waals surface area contributed by atoms with Gasteiger partial charge in [0.15, 0.2) is 5.17 Å². The summed E-state index contributed by atoms with van der Waals surface area (Å²) >= 11 is 1.78. The second-order valence-corrected chi connectivity index (χ2v) is 5.90. The van der Waals surface area contributed by atoms with Gasteiger partial charge in [0, 0.05) is 18.0 Å². The largest absolute Gasteiger partial charge is 0.335 e. The van der Waals surface area contributed by atoms with Gasteiger partial charge in [0.2, 0.25) is 0 Å². The van der Waals surface area contributed by atoms with E-state index in [9.17, 15) is 0 Å². The van der Waals surface area contributed by atoms with Crippen molar-refractivity contribution in [3.63, 3.8) is 0 Å². The molecule has 1 aromatic rings. The molecule has 1 aromatic carbocycles. The molecule has 1 N–H and O–H groups in total. The molecule has 0 aliphatic carbocycles. The number of nitrogens with zero attached hydrogens (tertiary/aromatic N) is 2. The highest BCUT2D eigenvalue weighted by Crippen LogP contribution is 2.35. The lowest BCUT2D eigenvalue weighted by Crippen LogP contribution is -2.32. The first-order valence-electron chi connectivity index (χ1n) is 6.66. The van der Waals surface area contributed by atoms with Crippen molar-refractivity contribution in [2.45, 2.75) is 26.7 Å². The Bertz CT molecular complexity index is 512. The molecular formula is C15H19N3S. The van der Waals surface area contributed by atoms with Gasteiger partial charge in [0.1, 0.15) is 0 Å². The van der Waals surface area contributed by atoms with Crippen molar-refractivity contribution < 1.29 is 0 Å². The standard InChI is InChI=1S/C15H19N3S/c1-3-15(4-2)10-17-14(19-11-15)18-13-7-5-6-12(8-13)9-16/h5-8H,3-4,10-11H2,1-2H3,(H,17,18). The highest BCUT2D eigenvalue weighted by Gasteiger charge is 2.30. The summed E-state index contributed by atoms with van der Waals surface area (Å²) < 4.78 is 0. The minimum absolute atomic E-state index is 0.365. The molecule has 19 heavy (non-hydrogen) atoms. The van der Waals surface area contributed by atoms with Gasteiger partial charge in [-0.15, -0.1) is 0 Å². The van der Waals surface area contributed by atoms with Gasteiger partial charge in [-0.25, -0.2) is 0 Å². The van der Waals surface area contributed by atoms with Gasteiger partial charge in [0.05, 0.1) is 11.6 Å². The van der Waals surface area contributed by atoms with Crippen LogP contribution in [0.5, 0.6) is 0 Å². The number of nitriles is 1. The Labute approximate surface area is 119 Å². The molecule has 2 rings (SSSR count). The molecule has 3 nitrogen and oxygen atoms in total.